The number of benzene rings is 1. The van der Waals surface area contributed by atoms with Gasteiger partial charge in [0.2, 0.25) is 0 Å². The van der Waals surface area contributed by atoms with E-state index in [9.17, 15) is 0 Å². The SMILES string of the molecule is CCCNC(Cc1cccc(OC)c1)C1CSCCS1. The molecule has 20 heavy (non-hydrogen) atoms. The highest BCUT2D eigenvalue weighted by Crippen LogP contribution is 2.28. The molecule has 1 aromatic rings. The molecule has 1 aliphatic rings. The summed E-state index contributed by atoms with van der Waals surface area (Å²) in [5.74, 6) is 4.83. The van der Waals surface area contributed by atoms with E-state index in [0.717, 1.165) is 24.0 Å². The summed E-state index contributed by atoms with van der Waals surface area (Å²) in [4.78, 5) is 0. The Morgan fingerprint density at radius 1 is 1.40 bits per heavy atom. The maximum atomic E-state index is 5.33. The minimum absolute atomic E-state index is 0.569. The van der Waals surface area contributed by atoms with Gasteiger partial charge in [0.05, 0.1) is 7.11 Å². The van der Waals surface area contributed by atoms with Gasteiger partial charge in [-0.25, -0.2) is 0 Å². The molecular formula is C16H25NOS2. The minimum Gasteiger partial charge on any atom is -0.497 e. The van der Waals surface area contributed by atoms with Crippen LogP contribution in [0.5, 0.6) is 5.75 Å². The highest BCUT2D eigenvalue weighted by atomic mass is 32.2. The molecule has 0 bridgehead atoms. The van der Waals surface area contributed by atoms with E-state index < -0.39 is 0 Å². The van der Waals surface area contributed by atoms with E-state index in [-0.39, 0.29) is 0 Å². The van der Waals surface area contributed by atoms with Crippen LogP contribution in [0.15, 0.2) is 24.3 Å². The van der Waals surface area contributed by atoms with Gasteiger partial charge in [0.25, 0.3) is 0 Å². The van der Waals surface area contributed by atoms with Gasteiger partial charge in [-0.05, 0) is 37.1 Å². The van der Waals surface area contributed by atoms with Crippen molar-refractivity contribution in [2.45, 2.75) is 31.1 Å². The summed E-state index contributed by atoms with van der Waals surface area (Å²) in [6.45, 7) is 3.34. The van der Waals surface area contributed by atoms with Gasteiger partial charge in [-0.3, -0.25) is 0 Å². The molecule has 1 N–H and O–H groups in total. The molecule has 0 aromatic heterocycles. The third-order valence-corrected chi connectivity index (χ3v) is 6.46. The Balaban J connectivity index is 2.01. The topological polar surface area (TPSA) is 21.3 Å². The van der Waals surface area contributed by atoms with E-state index in [2.05, 4.69) is 54.0 Å². The molecule has 0 saturated carbocycles. The van der Waals surface area contributed by atoms with E-state index in [4.69, 9.17) is 4.74 Å². The molecule has 2 rings (SSSR count). The first-order valence-electron chi connectivity index (χ1n) is 7.39. The molecule has 1 heterocycles. The van der Waals surface area contributed by atoms with Crippen molar-refractivity contribution in [2.75, 3.05) is 30.9 Å². The van der Waals surface area contributed by atoms with Crippen LogP contribution in [-0.2, 0) is 6.42 Å². The number of hydrogen-bond donors (Lipinski definition) is 1. The van der Waals surface area contributed by atoms with Crippen molar-refractivity contribution >= 4 is 23.5 Å². The van der Waals surface area contributed by atoms with Crippen LogP contribution in [0.4, 0.5) is 0 Å². The molecule has 0 amide bonds. The zero-order valence-corrected chi connectivity index (χ0v) is 14.1. The van der Waals surface area contributed by atoms with Crippen LogP contribution in [0.25, 0.3) is 0 Å². The summed E-state index contributed by atoms with van der Waals surface area (Å²) in [5.41, 5.74) is 1.37. The normalized spacial score (nSPS) is 20.6. The van der Waals surface area contributed by atoms with Gasteiger partial charge in [0.15, 0.2) is 0 Å². The summed E-state index contributed by atoms with van der Waals surface area (Å²) in [7, 11) is 1.74. The Morgan fingerprint density at radius 2 is 2.30 bits per heavy atom. The van der Waals surface area contributed by atoms with Crippen molar-refractivity contribution < 1.29 is 4.74 Å². The maximum absolute atomic E-state index is 5.33. The van der Waals surface area contributed by atoms with Gasteiger partial charge < -0.3 is 10.1 Å². The van der Waals surface area contributed by atoms with E-state index in [1.165, 1.54) is 29.2 Å². The van der Waals surface area contributed by atoms with E-state index in [1.807, 2.05) is 6.07 Å². The zero-order chi connectivity index (χ0) is 14.2. The van der Waals surface area contributed by atoms with Crippen molar-refractivity contribution in [3.8, 4) is 5.75 Å². The predicted octanol–water partition coefficient (Wildman–Crippen LogP) is 3.45. The number of hydrogen-bond acceptors (Lipinski definition) is 4. The standard InChI is InChI=1S/C16H25NOS2/c1-3-7-17-15(16-12-19-8-9-20-16)11-13-5-4-6-14(10-13)18-2/h4-6,10,15-17H,3,7-9,11-12H2,1-2H3. The molecule has 0 aliphatic carbocycles. The summed E-state index contributed by atoms with van der Waals surface area (Å²) in [6, 6.07) is 9.06. The van der Waals surface area contributed by atoms with Crippen LogP contribution in [0, 0.1) is 0 Å². The van der Waals surface area contributed by atoms with Crippen molar-refractivity contribution in [1.82, 2.24) is 5.32 Å². The molecule has 1 aromatic carbocycles. The molecule has 4 heteroatoms. The van der Waals surface area contributed by atoms with Crippen LogP contribution in [-0.4, -0.2) is 42.2 Å². The lowest BCUT2D eigenvalue weighted by Gasteiger charge is -2.30. The van der Waals surface area contributed by atoms with Crippen molar-refractivity contribution in [3.05, 3.63) is 29.8 Å². The Kier molecular flexibility index (Phi) is 7.11. The highest BCUT2D eigenvalue weighted by Gasteiger charge is 2.24. The second-order valence-corrected chi connectivity index (χ2v) is 7.60. The van der Waals surface area contributed by atoms with Gasteiger partial charge in [0.1, 0.15) is 5.75 Å². The number of ether oxygens (including phenoxy) is 1. The average molecular weight is 312 g/mol. The van der Waals surface area contributed by atoms with Crippen molar-refractivity contribution in [2.24, 2.45) is 0 Å². The number of thioether (sulfide) groups is 2. The third kappa shape index (κ3) is 4.90. The quantitative estimate of drug-likeness (QED) is 0.832. The Labute approximate surface area is 131 Å². The monoisotopic (exact) mass is 311 g/mol. The van der Waals surface area contributed by atoms with Crippen LogP contribution in [0.2, 0.25) is 0 Å². The highest BCUT2D eigenvalue weighted by molar-refractivity contribution is 8.06. The smallest absolute Gasteiger partial charge is 0.119 e. The summed E-state index contributed by atoms with van der Waals surface area (Å²) < 4.78 is 5.33. The molecule has 2 atom stereocenters. The van der Waals surface area contributed by atoms with Gasteiger partial charge in [-0.2, -0.15) is 23.5 Å². The van der Waals surface area contributed by atoms with Crippen LogP contribution in [0.3, 0.4) is 0 Å². The van der Waals surface area contributed by atoms with Gasteiger partial charge in [0, 0.05) is 28.6 Å². The first-order chi connectivity index (χ1) is 9.83. The Hall–Kier alpha value is -0.320. The van der Waals surface area contributed by atoms with Crippen LogP contribution >= 0.6 is 23.5 Å². The summed E-state index contributed by atoms with van der Waals surface area (Å²) in [6.07, 6.45) is 2.29. The molecule has 2 nitrogen and oxygen atoms in total. The van der Waals surface area contributed by atoms with Crippen molar-refractivity contribution in [1.29, 1.82) is 0 Å². The number of nitrogens with one attached hydrogen (secondary N) is 1. The van der Waals surface area contributed by atoms with Crippen LogP contribution < -0.4 is 10.1 Å². The molecule has 0 radical (unpaired) electrons. The van der Waals surface area contributed by atoms with Gasteiger partial charge in [-0.1, -0.05) is 19.1 Å². The van der Waals surface area contributed by atoms with E-state index in [0.29, 0.717) is 6.04 Å². The maximum Gasteiger partial charge on any atom is 0.119 e. The molecule has 2 unspecified atom stereocenters. The first kappa shape index (κ1) is 16.1. The van der Waals surface area contributed by atoms with Crippen molar-refractivity contribution in [3.63, 3.8) is 0 Å². The fraction of sp³-hybridized carbons (Fsp3) is 0.625. The largest absolute Gasteiger partial charge is 0.497 e. The fourth-order valence-electron chi connectivity index (χ4n) is 2.46. The second kappa shape index (κ2) is 8.85. The first-order valence-corrected chi connectivity index (χ1v) is 9.59. The molecule has 1 saturated heterocycles. The fourth-order valence-corrected chi connectivity index (χ4v) is 5.35. The Bertz CT molecular complexity index is 394. The zero-order valence-electron chi connectivity index (χ0n) is 12.4. The number of methoxy groups -OCH3 is 1. The third-order valence-electron chi connectivity index (χ3n) is 3.54. The van der Waals surface area contributed by atoms with Gasteiger partial charge in [-0.15, -0.1) is 0 Å². The minimum atomic E-state index is 0.569. The van der Waals surface area contributed by atoms with E-state index >= 15 is 0 Å². The molecule has 0 spiro atoms. The molecule has 112 valence electrons. The Morgan fingerprint density at radius 3 is 3.00 bits per heavy atom. The van der Waals surface area contributed by atoms with Gasteiger partial charge >= 0.3 is 0 Å². The number of rotatable bonds is 7. The lowest BCUT2D eigenvalue weighted by atomic mass is 10.0. The lowest BCUT2D eigenvalue weighted by Crippen LogP contribution is -2.43. The van der Waals surface area contributed by atoms with E-state index in [1.54, 1.807) is 7.11 Å². The molecule has 1 fully saturated rings. The lowest BCUT2D eigenvalue weighted by molar-refractivity contribution is 0.413. The molecule has 1 aliphatic heterocycles. The van der Waals surface area contributed by atoms with Crippen LogP contribution in [0.1, 0.15) is 18.9 Å². The summed E-state index contributed by atoms with van der Waals surface area (Å²) >= 11 is 4.23. The predicted molar refractivity (Wildman–Crippen MR) is 92.4 cm³/mol. The molecular weight excluding hydrogens is 286 g/mol. The summed E-state index contributed by atoms with van der Waals surface area (Å²) in [5, 5.41) is 4.48. The second-order valence-electron chi connectivity index (χ2n) is 5.10. The average Bonchev–Trinajstić information content (AvgIpc) is 2.52.